The van der Waals surface area contributed by atoms with Gasteiger partial charge in [-0.25, -0.2) is 23.1 Å². The summed E-state index contributed by atoms with van der Waals surface area (Å²) in [7, 11) is 0. The number of nitrogens with zero attached hydrogens (tertiary/aromatic N) is 6. The topological polar surface area (TPSA) is 88.8 Å². The minimum absolute atomic E-state index is 0.148. The molecule has 1 aromatic carbocycles. The lowest BCUT2D eigenvalue weighted by Crippen LogP contribution is -2.37. The van der Waals surface area contributed by atoms with E-state index in [1.165, 1.54) is 12.6 Å². The van der Waals surface area contributed by atoms with Gasteiger partial charge in [0.1, 0.15) is 11.5 Å². The number of nitrogens with one attached hydrogen (secondary N) is 1. The molecule has 1 atom stereocenters. The van der Waals surface area contributed by atoms with E-state index in [1.54, 1.807) is 10.9 Å². The van der Waals surface area contributed by atoms with E-state index < -0.39 is 29.3 Å². The normalized spacial score (nSPS) is 13.9. The fourth-order valence-electron chi connectivity index (χ4n) is 3.94. The summed E-state index contributed by atoms with van der Waals surface area (Å²) in [6.45, 7) is 3.98. The highest BCUT2D eigenvalue weighted by atomic mass is 35.5. The Labute approximate surface area is 215 Å². The van der Waals surface area contributed by atoms with E-state index in [-0.39, 0.29) is 22.5 Å². The Hall–Kier alpha value is -3.99. The Balaban J connectivity index is 1.32. The predicted octanol–water partition coefficient (Wildman–Crippen LogP) is 5.54. The second kappa shape index (κ2) is 10.2. The Morgan fingerprint density at radius 3 is 2.59 bits per heavy atom. The summed E-state index contributed by atoms with van der Waals surface area (Å²) < 4.78 is 43.3. The molecule has 4 aromatic rings. The van der Waals surface area contributed by atoms with Crippen LogP contribution in [-0.2, 0) is 0 Å². The molecule has 8 nitrogen and oxygen atoms in total. The fourth-order valence-corrected chi connectivity index (χ4v) is 4.10. The number of alkyl halides is 2. The van der Waals surface area contributed by atoms with Crippen LogP contribution in [0.25, 0.3) is 11.3 Å². The summed E-state index contributed by atoms with van der Waals surface area (Å²) in [5.74, 6) is -0.783. The first kappa shape index (κ1) is 24.7. The van der Waals surface area contributed by atoms with Gasteiger partial charge in [0.25, 0.3) is 12.3 Å². The van der Waals surface area contributed by atoms with Gasteiger partial charge in [-0.2, -0.15) is 5.10 Å². The largest absolute Gasteiger partial charge is 0.356 e. The zero-order chi connectivity index (χ0) is 26.1. The second-order valence-electron chi connectivity index (χ2n) is 8.55. The van der Waals surface area contributed by atoms with E-state index in [9.17, 15) is 18.0 Å². The molecule has 1 aliphatic heterocycles. The summed E-state index contributed by atoms with van der Waals surface area (Å²) in [5.41, 5.74) is -0.194. The number of rotatable bonds is 7. The quantitative estimate of drug-likeness (QED) is 0.339. The van der Waals surface area contributed by atoms with Crippen molar-refractivity contribution in [3.05, 3.63) is 82.9 Å². The predicted molar refractivity (Wildman–Crippen MR) is 132 cm³/mol. The minimum Gasteiger partial charge on any atom is -0.356 e. The lowest BCUT2D eigenvalue weighted by molar-refractivity contribution is 0.102. The number of pyridine rings is 1. The average molecular weight is 528 g/mol. The second-order valence-corrected chi connectivity index (χ2v) is 8.95. The van der Waals surface area contributed by atoms with E-state index in [0.29, 0.717) is 5.69 Å². The monoisotopic (exact) mass is 527 g/mol. The summed E-state index contributed by atoms with van der Waals surface area (Å²) in [4.78, 5) is 27.5. The van der Waals surface area contributed by atoms with Crippen molar-refractivity contribution < 1.29 is 18.0 Å². The van der Waals surface area contributed by atoms with Crippen LogP contribution in [0.15, 0.2) is 55.2 Å². The molecule has 3 aromatic heterocycles. The number of amides is 1. The van der Waals surface area contributed by atoms with Gasteiger partial charge in [0.2, 0.25) is 0 Å². The molecule has 1 amide bonds. The molecule has 4 heterocycles. The number of hydrogen-bond donors (Lipinski definition) is 1. The number of anilines is 2. The summed E-state index contributed by atoms with van der Waals surface area (Å²) in [5, 5.41) is 6.63. The maximum atomic E-state index is 14.6. The van der Waals surface area contributed by atoms with Gasteiger partial charge >= 0.3 is 0 Å². The SMILES string of the molecule is CC(c1ccc(N2CCC2)nc1)n1cc(NC(=O)c2cncc(-c3c(C(F)F)ccc(Cl)c3F)n2)cn1. The maximum absolute atomic E-state index is 14.6. The third-order valence-electron chi connectivity index (χ3n) is 6.17. The number of benzene rings is 1. The molecule has 1 unspecified atom stereocenters. The van der Waals surface area contributed by atoms with E-state index >= 15 is 0 Å². The van der Waals surface area contributed by atoms with Gasteiger partial charge < -0.3 is 10.2 Å². The van der Waals surface area contributed by atoms with Crippen molar-refractivity contribution in [3.63, 3.8) is 0 Å². The van der Waals surface area contributed by atoms with E-state index in [1.807, 2.05) is 25.3 Å². The number of carbonyl (C=O) groups excluding carboxylic acids is 1. The van der Waals surface area contributed by atoms with Crippen molar-refractivity contribution >= 4 is 29.0 Å². The zero-order valence-electron chi connectivity index (χ0n) is 19.6. The van der Waals surface area contributed by atoms with E-state index in [4.69, 9.17) is 11.6 Å². The van der Waals surface area contributed by atoms with Crippen LogP contribution in [0.5, 0.6) is 0 Å². The summed E-state index contributed by atoms with van der Waals surface area (Å²) in [6.07, 6.45) is 5.37. The highest BCUT2D eigenvalue weighted by Gasteiger charge is 2.23. The highest BCUT2D eigenvalue weighted by molar-refractivity contribution is 6.31. The lowest BCUT2D eigenvalue weighted by atomic mass is 10.0. The van der Waals surface area contributed by atoms with Gasteiger partial charge in [-0.1, -0.05) is 23.7 Å². The molecule has 0 bridgehead atoms. The number of carbonyl (C=O) groups is 1. The number of aromatic nitrogens is 5. The third-order valence-corrected chi connectivity index (χ3v) is 6.47. The molecule has 1 fully saturated rings. The molecule has 1 N–H and O–H groups in total. The maximum Gasteiger partial charge on any atom is 0.275 e. The van der Waals surface area contributed by atoms with Crippen LogP contribution in [0.4, 0.5) is 24.7 Å². The molecule has 1 saturated heterocycles. The van der Waals surface area contributed by atoms with Gasteiger partial charge in [0, 0.05) is 36.6 Å². The first-order chi connectivity index (χ1) is 17.8. The van der Waals surface area contributed by atoms with Gasteiger partial charge in [-0.05, 0) is 31.0 Å². The fraction of sp³-hybridized carbons (Fsp3) is 0.240. The van der Waals surface area contributed by atoms with Gasteiger partial charge in [0.15, 0.2) is 5.82 Å². The molecule has 12 heteroatoms. The van der Waals surface area contributed by atoms with Crippen molar-refractivity contribution in [1.29, 1.82) is 0 Å². The van der Waals surface area contributed by atoms with Crippen LogP contribution >= 0.6 is 11.6 Å². The van der Waals surface area contributed by atoms with Gasteiger partial charge in [-0.15, -0.1) is 0 Å². The Bertz CT molecular complexity index is 1440. The van der Waals surface area contributed by atoms with Crippen molar-refractivity contribution in [3.8, 4) is 11.3 Å². The van der Waals surface area contributed by atoms with Crippen LogP contribution in [0.1, 0.15) is 47.4 Å². The smallest absolute Gasteiger partial charge is 0.275 e. The van der Waals surface area contributed by atoms with Crippen molar-refractivity contribution in [1.82, 2.24) is 24.7 Å². The first-order valence-corrected chi connectivity index (χ1v) is 11.8. The third kappa shape index (κ3) is 4.99. The Morgan fingerprint density at radius 1 is 1.11 bits per heavy atom. The molecule has 0 spiro atoms. The van der Waals surface area contributed by atoms with Crippen LogP contribution in [0.2, 0.25) is 5.02 Å². The molecule has 0 aliphatic carbocycles. The molecular formula is C25H21ClF3N7O. The van der Waals surface area contributed by atoms with Crippen LogP contribution in [-0.4, -0.2) is 43.7 Å². The average Bonchev–Trinajstić information content (AvgIpc) is 3.33. The lowest BCUT2D eigenvalue weighted by Gasteiger charge is -2.32. The standard InChI is InChI=1S/C25H21ClF3N7O/c1-14(15-3-6-21(31-9-15)35-7-2-8-35)36-13-16(10-32-36)33-25(37)20-12-30-11-19(34-20)22-17(24(28)29)4-5-18(26)23(22)27/h3-6,9-14,24H,2,7-8H2,1H3,(H,33,37). The van der Waals surface area contributed by atoms with Crippen LogP contribution in [0.3, 0.4) is 0 Å². The Morgan fingerprint density at radius 2 is 1.92 bits per heavy atom. The van der Waals surface area contributed by atoms with Crippen molar-refractivity contribution in [2.24, 2.45) is 0 Å². The number of halogens is 4. The van der Waals surface area contributed by atoms with E-state index in [2.05, 4.69) is 30.3 Å². The number of hydrogen-bond acceptors (Lipinski definition) is 6. The van der Waals surface area contributed by atoms with Gasteiger partial charge in [0.05, 0.1) is 41.0 Å². The van der Waals surface area contributed by atoms with Crippen molar-refractivity contribution in [2.75, 3.05) is 23.3 Å². The van der Waals surface area contributed by atoms with E-state index in [0.717, 1.165) is 49.0 Å². The molecule has 190 valence electrons. The van der Waals surface area contributed by atoms with Crippen LogP contribution in [0, 0.1) is 5.82 Å². The molecule has 5 rings (SSSR count). The van der Waals surface area contributed by atoms with Crippen molar-refractivity contribution in [2.45, 2.75) is 25.8 Å². The van der Waals surface area contributed by atoms with Crippen LogP contribution < -0.4 is 10.2 Å². The Kier molecular flexibility index (Phi) is 6.79. The molecule has 0 saturated carbocycles. The molecule has 0 radical (unpaired) electrons. The zero-order valence-corrected chi connectivity index (χ0v) is 20.3. The molecular weight excluding hydrogens is 507 g/mol. The minimum atomic E-state index is -2.98. The summed E-state index contributed by atoms with van der Waals surface area (Å²) in [6, 6.07) is 5.88. The molecule has 1 aliphatic rings. The highest BCUT2D eigenvalue weighted by Crippen LogP contribution is 2.35. The van der Waals surface area contributed by atoms with Gasteiger partial charge in [-0.3, -0.25) is 14.5 Å². The summed E-state index contributed by atoms with van der Waals surface area (Å²) >= 11 is 5.79. The molecule has 37 heavy (non-hydrogen) atoms. The first-order valence-electron chi connectivity index (χ1n) is 11.5.